The molecule has 1 atom stereocenters. The van der Waals surface area contributed by atoms with Crippen molar-refractivity contribution in [2.75, 3.05) is 35.8 Å². The van der Waals surface area contributed by atoms with Crippen molar-refractivity contribution in [1.29, 1.82) is 0 Å². The van der Waals surface area contributed by atoms with Crippen molar-refractivity contribution >= 4 is 49.2 Å². The topological polar surface area (TPSA) is 119 Å². The first-order chi connectivity index (χ1) is 21.0. The zero-order chi connectivity index (χ0) is 32.9. The van der Waals surface area contributed by atoms with Crippen molar-refractivity contribution < 1.29 is 56.3 Å². The second-order valence-corrected chi connectivity index (χ2v) is 16.3. The van der Waals surface area contributed by atoms with E-state index in [2.05, 4.69) is 42.4 Å². The molecule has 3 aliphatic heterocycles. The van der Waals surface area contributed by atoms with Gasteiger partial charge in [0.05, 0.1) is 33.0 Å². The summed E-state index contributed by atoms with van der Waals surface area (Å²) < 4.78 is 56.6. The second-order valence-electron chi connectivity index (χ2n) is 13.3. The van der Waals surface area contributed by atoms with Crippen LogP contribution in [-0.2, 0) is 25.7 Å². The zero-order valence-corrected chi connectivity index (χ0v) is 31.9. The first-order valence-corrected chi connectivity index (χ1v) is 18.8. The third-order valence-electron chi connectivity index (χ3n) is 8.77. The summed E-state index contributed by atoms with van der Waals surface area (Å²) in [6.45, 7) is 13.3. The number of anilines is 1. The van der Waals surface area contributed by atoms with Crippen LogP contribution in [0, 0.1) is 0 Å². The van der Waals surface area contributed by atoms with Crippen LogP contribution in [0.1, 0.15) is 78.4 Å². The molecule has 2 aromatic carbocycles. The fourth-order valence-electron chi connectivity index (χ4n) is 6.78. The van der Waals surface area contributed by atoms with Crippen molar-refractivity contribution in [2.24, 2.45) is 4.99 Å². The van der Waals surface area contributed by atoms with E-state index >= 15 is 0 Å². The minimum atomic E-state index is -4.55. The molecule has 0 radical (unpaired) electrons. The minimum Gasteiger partial charge on any atom is -0.748 e. The van der Waals surface area contributed by atoms with Crippen LogP contribution in [-0.4, -0.2) is 64.9 Å². The van der Waals surface area contributed by atoms with Crippen molar-refractivity contribution in [3.63, 3.8) is 0 Å². The monoisotopic (exact) mass is 676 g/mol. The van der Waals surface area contributed by atoms with Crippen molar-refractivity contribution in [1.82, 2.24) is 4.58 Å². The molecule has 1 unspecified atom stereocenters. The number of ether oxygens (including phenoxy) is 1. The van der Waals surface area contributed by atoms with E-state index in [0.717, 1.165) is 36.0 Å². The van der Waals surface area contributed by atoms with Gasteiger partial charge in [0.1, 0.15) is 23.4 Å². The number of hydrogen-bond acceptors (Lipinski definition) is 8. The molecule has 46 heavy (non-hydrogen) atoms. The van der Waals surface area contributed by atoms with E-state index in [-0.39, 0.29) is 40.9 Å². The Hall–Kier alpha value is -2.15. The second kappa shape index (κ2) is 13.8. The van der Waals surface area contributed by atoms with Crippen LogP contribution in [0.25, 0.3) is 11.1 Å². The van der Waals surface area contributed by atoms with E-state index in [9.17, 15) is 22.0 Å². The van der Waals surface area contributed by atoms with Gasteiger partial charge in [-0.2, -0.15) is 0 Å². The Morgan fingerprint density at radius 3 is 2.39 bits per heavy atom. The third kappa shape index (κ3) is 7.76. The molecule has 0 aliphatic carbocycles. The summed E-state index contributed by atoms with van der Waals surface area (Å²) in [5.74, 6) is 1.26. The maximum Gasteiger partial charge on any atom is 1.00 e. The molecule has 5 rings (SSSR count). The molecule has 0 aromatic heterocycles. The Bertz CT molecular complexity index is 1900. The molecule has 0 bridgehead atoms. The fourth-order valence-corrected chi connectivity index (χ4v) is 7.93. The molecule has 0 amide bonds. The molecule has 2 aromatic rings. The molecule has 3 heterocycles. The Labute approximate surface area is 297 Å². The van der Waals surface area contributed by atoms with Crippen LogP contribution in [0.4, 0.5) is 11.4 Å². The van der Waals surface area contributed by atoms with Gasteiger partial charge in [0, 0.05) is 73.4 Å². The van der Waals surface area contributed by atoms with Gasteiger partial charge < -0.3 is 19.0 Å². The van der Waals surface area contributed by atoms with Crippen LogP contribution < -0.4 is 54.5 Å². The molecule has 12 heteroatoms. The number of carbonyl (C=O) groups is 1. The summed E-state index contributed by atoms with van der Waals surface area (Å²) in [4.78, 5) is 18.8. The molecule has 3 aliphatic rings. The van der Waals surface area contributed by atoms with E-state index < -0.39 is 32.2 Å². The van der Waals surface area contributed by atoms with Crippen LogP contribution >= 0.6 is 0 Å². The predicted octanol–water partition coefficient (Wildman–Crippen LogP) is 1.49. The van der Waals surface area contributed by atoms with E-state index in [4.69, 9.17) is 9.73 Å². The maximum absolute atomic E-state index is 11.9. The molecule has 242 valence electrons. The fraction of sp³-hybridized carbons (Fsp3) is 0.500. The van der Waals surface area contributed by atoms with Gasteiger partial charge in [0.15, 0.2) is 17.0 Å². The Morgan fingerprint density at radius 2 is 1.76 bits per heavy atom. The quantitative estimate of drug-likeness (QED) is 0.172. The molecule has 0 fully saturated rings. The van der Waals surface area contributed by atoms with E-state index in [0.29, 0.717) is 58.8 Å². The van der Waals surface area contributed by atoms with Crippen LogP contribution in [0.3, 0.4) is 0 Å². The number of carbonyl (C=O) groups excluding carboxylic acids is 1. The van der Waals surface area contributed by atoms with Gasteiger partial charge in [0.25, 0.3) is 0 Å². The van der Waals surface area contributed by atoms with Crippen molar-refractivity contribution in [3.8, 4) is 11.5 Å². The van der Waals surface area contributed by atoms with Gasteiger partial charge in [-0.1, -0.05) is 13.0 Å². The maximum atomic E-state index is 11.9. The number of ketones is 1. The average molecular weight is 677 g/mol. The summed E-state index contributed by atoms with van der Waals surface area (Å²) in [6.07, 6.45) is 8.56. The number of nitrogens with zero attached hydrogens (tertiary/aromatic N) is 3. The number of rotatable bonds is 11. The zero-order valence-electron chi connectivity index (χ0n) is 28.2. The summed E-state index contributed by atoms with van der Waals surface area (Å²) in [5, 5.41) is 1.72. The van der Waals surface area contributed by atoms with Gasteiger partial charge in [-0.15, -0.1) is 0 Å². The van der Waals surface area contributed by atoms with Gasteiger partial charge in [-0.3, -0.25) is 4.21 Å². The normalized spacial score (nSPS) is 17.9. The van der Waals surface area contributed by atoms with E-state index in [1.807, 2.05) is 38.1 Å². The number of Topliss-reactive ketones (excluding diaryl/α,β-unsaturated/α-hetero) is 1. The Balaban J connectivity index is 0.00000480. The Morgan fingerprint density at radius 1 is 1.04 bits per heavy atom. The molecule has 0 spiro atoms. The van der Waals surface area contributed by atoms with E-state index in [1.165, 1.54) is 5.57 Å². The molecule has 0 saturated heterocycles. The Kier molecular flexibility index (Phi) is 11.0. The average Bonchev–Trinajstić information content (AvgIpc) is 2.91. The molecule has 9 nitrogen and oxygen atoms in total. The van der Waals surface area contributed by atoms with Gasteiger partial charge in [-0.25, -0.2) is 18.0 Å². The number of allylic oxidation sites excluding steroid dienone is 1. The first-order valence-electron chi connectivity index (χ1n) is 15.5. The smallest absolute Gasteiger partial charge is 0.748 e. The molecular formula is C34H43N3NaO6S2+. The van der Waals surface area contributed by atoms with E-state index in [1.54, 1.807) is 13.2 Å². The SMILES string of the molecule is CCC1=CC(C)(C)[N+](CCCS(C)=O)=c2cc3c(cc21)=Nc1cc2c(cc1O3)N(CCCC(C)=O)C(C)(C)C=C2CS(=O)(=O)[O-].[Na+]. The number of fused-ring (bicyclic) bond motifs is 4. The summed E-state index contributed by atoms with van der Waals surface area (Å²) in [7, 11) is -5.42. The molecule has 0 saturated carbocycles. The predicted molar refractivity (Wildman–Crippen MR) is 179 cm³/mol. The summed E-state index contributed by atoms with van der Waals surface area (Å²) in [5.41, 5.74) is 3.79. The molecular weight excluding hydrogens is 634 g/mol. The first kappa shape index (κ1) is 36.7. The van der Waals surface area contributed by atoms with Crippen LogP contribution in [0.15, 0.2) is 41.4 Å². The van der Waals surface area contributed by atoms with Gasteiger partial charge in [-0.05, 0) is 63.0 Å². The summed E-state index contributed by atoms with van der Waals surface area (Å²) in [6, 6.07) is 7.80. The minimum absolute atomic E-state index is 0. The summed E-state index contributed by atoms with van der Waals surface area (Å²) >= 11 is 0. The van der Waals surface area contributed by atoms with Crippen LogP contribution in [0.2, 0.25) is 0 Å². The largest absolute Gasteiger partial charge is 1.00 e. The van der Waals surface area contributed by atoms with Gasteiger partial charge in [0.2, 0.25) is 5.36 Å². The van der Waals surface area contributed by atoms with Gasteiger partial charge >= 0.3 is 29.6 Å². The molecule has 0 N–H and O–H groups in total. The number of hydrogen-bond donors (Lipinski definition) is 0. The van der Waals surface area contributed by atoms with Crippen molar-refractivity contribution in [2.45, 2.75) is 78.3 Å². The van der Waals surface area contributed by atoms with Crippen molar-refractivity contribution in [3.05, 3.63) is 58.3 Å². The third-order valence-corrected chi connectivity index (χ3v) is 10.3. The standard InChI is InChI=1S/C34H43N3O6S2.Na/c1-8-23-19-33(3,4)37(13-10-14-44(7)39)29-17-31-27(15-25(23)29)35-28-16-26-24(21-45(40,41)42)20-34(5,6)36(12-9-11-22(2)38)30(26)18-32(28)43-31;/h15-20H,8-14,21H2,1-7H3;/q;+1. The van der Waals surface area contributed by atoms with Crippen LogP contribution in [0.5, 0.6) is 11.5 Å². The number of benzene rings is 2.